The molecule has 0 spiro atoms. The first-order valence-electron chi connectivity index (χ1n) is 6.34. The van der Waals surface area contributed by atoms with Crippen LogP contribution in [0.4, 0.5) is 5.69 Å². The Balaban J connectivity index is 2.18. The van der Waals surface area contributed by atoms with E-state index in [1.165, 1.54) is 14.2 Å². The first kappa shape index (κ1) is 14.6. The molecule has 6 heteroatoms. The number of hydrogen-bond acceptors (Lipinski definition) is 5. The summed E-state index contributed by atoms with van der Waals surface area (Å²) >= 11 is 0. The van der Waals surface area contributed by atoms with E-state index in [4.69, 9.17) is 15.2 Å². The van der Waals surface area contributed by atoms with Gasteiger partial charge in [-0.05, 0) is 17.7 Å². The van der Waals surface area contributed by atoms with Gasteiger partial charge >= 0.3 is 0 Å². The molecule has 0 saturated carbocycles. The number of amides is 1. The lowest BCUT2D eigenvalue weighted by Crippen LogP contribution is -2.24. The Hall–Kier alpha value is -2.76. The molecule has 0 bridgehead atoms. The number of nitrogens with two attached hydrogens (primary N) is 1. The molecule has 110 valence electrons. The zero-order valence-corrected chi connectivity index (χ0v) is 11.9. The average Bonchev–Trinajstić information content (AvgIpc) is 2.53. The minimum absolute atomic E-state index is 0.280. The maximum Gasteiger partial charge on any atom is 0.253 e. The molecule has 0 aliphatic heterocycles. The Bertz CT molecular complexity index is 630. The third kappa shape index (κ3) is 3.42. The maximum absolute atomic E-state index is 12.3. The van der Waals surface area contributed by atoms with Crippen LogP contribution in [0.5, 0.6) is 11.5 Å². The number of benzene rings is 1. The molecule has 0 fully saturated rings. The van der Waals surface area contributed by atoms with Gasteiger partial charge in [-0.2, -0.15) is 0 Å². The van der Waals surface area contributed by atoms with Crippen molar-refractivity contribution in [3.63, 3.8) is 0 Å². The quantitative estimate of drug-likeness (QED) is 0.816. The molecule has 0 radical (unpaired) electrons. The largest absolute Gasteiger partial charge is 0.497 e. The summed E-state index contributed by atoms with van der Waals surface area (Å²) in [5.74, 6) is 0.613. The van der Waals surface area contributed by atoms with Gasteiger partial charge in [0.1, 0.15) is 11.5 Å². The van der Waals surface area contributed by atoms with E-state index in [9.17, 15) is 4.79 Å². The van der Waals surface area contributed by atoms with E-state index < -0.39 is 0 Å². The number of anilines is 1. The molecule has 6 nitrogen and oxygen atoms in total. The van der Waals surface area contributed by atoms with Crippen LogP contribution in [0, 0.1) is 0 Å². The van der Waals surface area contributed by atoms with Crippen LogP contribution in [0.1, 0.15) is 15.9 Å². The molecule has 0 unspecified atom stereocenters. The Labute approximate surface area is 122 Å². The second kappa shape index (κ2) is 6.60. The predicted molar refractivity (Wildman–Crippen MR) is 79.4 cm³/mol. The Morgan fingerprint density at radius 3 is 2.76 bits per heavy atom. The number of nitrogens with one attached hydrogen (secondary N) is 1. The van der Waals surface area contributed by atoms with Crippen molar-refractivity contribution in [2.45, 2.75) is 6.54 Å². The van der Waals surface area contributed by atoms with Crippen LogP contribution in [0.15, 0.2) is 36.7 Å². The smallest absolute Gasteiger partial charge is 0.253 e. The normalized spacial score (nSPS) is 10.0. The standard InChI is InChI=1S/C15H17N3O3/c1-20-11-6-12(14(16)13(7-11)21-2)15(19)18-9-10-4-3-5-17-8-10/h3-8H,9,16H2,1-2H3,(H,18,19). The SMILES string of the molecule is COc1cc(OC)c(N)c(C(=O)NCc2cccnc2)c1. The zero-order chi connectivity index (χ0) is 15.2. The number of methoxy groups -OCH3 is 2. The highest BCUT2D eigenvalue weighted by molar-refractivity contribution is 6.00. The summed E-state index contributed by atoms with van der Waals surface area (Å²) in [4.78, 5) is 16.2. The number of carbonyl (C=O) groups excluding carboxylic acids is 1. The van der Waals surface area contributed by atoms with E-state index in [-0.39, 0.29) is 11.6 Å². The molecule has 0 aliphatic rings. The van der Waals surface area contributed by atoms with Crippen molar-refractivity contribution in [2.24, 2.45) is 0 Å². The van der Waals surface area contributed by atoms with Crippen LogP contribution in [-0.2, 0) is 6.54 Å². The number of aromatic nitrogens is 1. The molecule has 1 heterocycles. The minimum Gasteiger partial charge on any atom is -0.497 e. The molecular weight excluding hydrogens is 270 g/mol. The first-order valence-corrected chi connectivity index (χ1v) is 6.34. The highest BCUT2D eigenvalue weighted by Gasteiger charge is 2.15. The van der Waals surface area contributed by atoms with E-state index in [2.05, 4.69) is 10.3 Å². The molecule has 0 atom stereocenters. The van der Waals surface area contributed by atoms with Crippen LogP contribution >= 0.6 is 0 Å². The van der Waals surface area contributed by atoms with Crippen LogP contribution < -0.4 is 20.5 Å². The van der Waals surface area contributed by atoms with Crippen molar-refractivity contribution < 1.29 is 14.3 Å². The molecule has 1 amide bonds. The van der Waals surface area contributed by atoms with Gasteiger partial charge in [0, 0.05) is 25.0 Å². The minimum atomic E-state index is -0.298. The fourth-order valence-electron chi connectivity index (χ4n) is 1.86. The summed E-state index contributed by atoms with van der Waals surface area (Å²) in [6.07, 6.45) is 3.37. The van der Waals surface area contributed by atoms with Gasteiger partial charge in [-0.3, -0.25) is 9.78 Å². The number of ether oxygens (including phenoxy) is 2. The van der Waals surface area contributed by atoms with Crippen LogP contribution in [0.3, 0.4) is 0 Å². The zero-order valence-electron chi connectivity index (χ0n) is 11.9. The average molecular weight is 287 g/mol. The van der Waals surface area contributed by atoms with Crippen LogP contribution in [-0.4, -0.2) is 25.1 Å². The summed E-state index contributed by atoms with van der Waals surface area (Å²) in [7, 11) is 3.00. The molecule has 1 aromatic carbocycles. The maximum atomic E-state index is 12.3. The second-order valence-corrected chi connectivity index (χ2v) is 4.33. The van der Waals surface area contributed by atoms with E-state index in [0.29, 0.717) is 23.6 Å². The number of hydrogen-bond donors (Lipinski definition) is 2. The lowest BCUT2D eigenvalue weighted by molar-refractivity contribution is 0.0951. The number of nitrogens with zero attached hydrogens (tertiary/aromatic N) is 1. The number of rotatable bonds is 5. The van der Waals surface area contributed by atoms with E-state index in [0.717, 1.165) is 5.56 Å². The highest BCUT2D eigenvalue weighted by atomic mass is 16.5. The summed E-state index contributed by atoms with van der Waals surface area (Å²) in [5, 5.41) is 2.79. The van der Waals surface area contributed by atoms with Gasteiger partial charge in [0.15, 0.2) is 0 Å². The van der Waals surface area contributed by atoms with Gasteiger partial charge in [0.2, 0.25) is 0 Å². The number of pyridine rings is 1. The number of nitrogen functional groups attached to an aromatic ring is 1. The lowest BCUT2D eigenvalue weighted by Gasteiger charge is -2.12. The van der Waals surface area contributed by atoms with Crippen molar-refractivity contribution in [3.05, 3.63) is 47.8 Å². The van der Waals surface area contributed by atoms with Crippen molar-refractivity contribution in [1.29, 1.82) is 0 Å². The number of carbonyl (C=O) groups is 1. The summed E-state index contributed by atoms with van der Waals surface area (Å²) in [6, 6.07) is 6.90. The molecule has 1 aromatic heterocycles. The van der Waals surface area contributed by atoms with E-state index >= 15 is 0 Å². The molecule has 0 aliphatic carbocycles. The van der Waals surface area contributed by atoms with E-state index in [1.54, 1.807) is 24.5 Å². The Kier molecular flexibility index (Phi) is 4.61. The molecule has 2 aromatic rings. The Morgan fingerprint density at radius 1 is 1.33 bits per heavy atom. The van der Waals surface area contributed by atoms with Crippen LogP contribution in [0.2, 0.25) is 0 Å². The van der Waals surface area contributed by atoms with E-state index in [1.807, 2.05) is 12.1 Å². The fraction of sp³-hybridized carbons (Fsp3) is 0.200. The van der Waals surface area contributed by atoms with Gasteiger partial charge in [-0.1, -0.05) is 6.07 Å². The van der Waals surface area contributed by atoms with Crippen molar-refractivity contribution in [1.82, 2.24) is 10.3 Å². The molecule has 3 N–H and O–H groups in total. The van der Waals surface area contributed by atoms with Crippen molar-refractivity contribution in [3.8, 4) is 11.5 Å². The molecule has 0 saturated heterocycles. The summed E-state index contributed by atoms with van der Waals surface area (Å²) in [5.41, 5.74) is 7.43. The molecular formula is C15H17N3O3. The van der Waals surface area contributed by atoms with Crippen LogP contribution in [0.25, 0.3) is 0 Å². The third-order valence-corrected chi connectivity index (χ3v) is 2.99. The highest BCUT2D eigenvalue weighted by Crippen LogP contribution is 2.30. The van der Waals surface area contributed by atoms with Gasteiger partial charge in [-0.15, -0.1) is 0 Å². The van der Waals surface area contributed by atoms with Gasteiger partial charge in [-0.25, -0.2) is 0 Å². The lowest BCUT2D eigenvalue weighted by atomic mass is 10.1. The topological polar surface area (TPSA) is 86.5 Å². The van der Waals surface area contributed by atoms with Gasteiger partial charge in [0.25, 0.3) is 5.91 Å². The third-order valence-electron chi connectivity index (χ3n) is 2.99. The monoisotopic (exact) mass is 287 g/mol. The summed E-state index contributed by atoms with van der Waals surface area (Å²) in [6.45, 7) is 0.367. The molecule has 2 rings (SSSR count). The Morgan fingerprint density at radius 2 is 2.14 bits per heavy atom. The van der Waals surface area contributed by atoms with Gasteiger partial charge in [0.05, 0.1) is 25.5 Å². The first-order chi connectivity index (χ1) is 10.2. The van der Waals surface area contributed by atoms with Crippen molar-refractivity contribution >= 4 is 11.6 Å². The van der Waals surface area contributed by atoms with Crippen molar-refractivity contribution in [2.75, 3.05) is 20.0 Å². The predicted octanol–water partition coefficient (Wildman–Crippen LogP) is 1.61. The van der Waals surface area contributed by atoms with Gasteiger partial charge < -0.3 is 20.5 Å². The summed E-state index contributed by atoms with van der Waals surface area (Å²) < 4.78 is 10.3. The fourth-order valence-corrected chi connectivity index (χ4v) is 1.86. The molecule has 21 heavy (non-hydrogen) atoms. The second-order valence-electron chi connectivity index (χ2n) is 4.33.